The van der Waals surface area contributed by atoms with Crippen molar-refractivity contribution in [3.05, 3.63) is 61.6 Å². The second-order valence-corrected chi connectivity index (χ2v) is 5.56. The summed E-state index contributed by atoms with van der Waals surface area (Å²) in [6.07, 6.45) is 0. The van der Waals surface area contributed by atoms with Crippen molar-refractivity contribution in [1.29, 1.82) is 0 Å². The van der Waals surface area contributed by atoms with Crippen molar-refractivity contribution in [3.63, 3.8) is 0 Å². The SMILES string of the molecule is O=C(COc1ccccc1[N+](=O)[O-])Nc1c(Cl)cc(Cl)cc1Cl. The second-order valence-electron chi connectivity index (χ2n) is 4.31. The van der Waals surface area contributed by atoms with Gasteiger partial charge in [-0.05, 0) is 18.2 Å². The number of hydrogen-bond acceptors (Lipinski definition) is 4. The number of hydrogen-bond donors (Lipinski definition) is 1. The number of amides is 1. The number of nitro groups is 1. The first kappa shape index (κ1) is 17.3. The van der Waals surface area contributed by atoms with Crippen LogP contribution in [0.3, 0.4) is 0 Å². The van der Waals surface area contributed by atoms with Crippen LogP contribution in [-0.2, 0) is 4.79 Å². The monoisotopic (exact) mass is 374 g/mol. The van der Waals surface area contributed by atoms with E-state index in [2.05, 4.69) is 5.32 Å². The maximum Gasteiger partial charge on any atom is 0.310 e. The van der Waals surface area contributed by atoms with Crippen LogP contribution >= 0.6 is 34.8 Å². The van der Waals surface area contributed by atoms with E-state index in [0.717, 1.165) is 0 Å². The topological polar surface area (TPSA) is 81.5 Å². The van der Waals surface area contributed by atoms with Gasteiger partial charge in [0, 0.05) is 11.1 Å². The fourth-order valence-electron chi connectivity index (χ4n) is 1.71. The highest BCUT2D eigenvalue weighted by molar-refractivity contribution is 6.42. The van der Waals surface area contributed by atoms with Crippen LogP contribution in [-0.4, -0.2) is 17.4 Å². The zero-order valence-corrected chi connectivity index (χ0v) is 13.7. The van der Waals surface area contributed by atoms with Crippen LogP contribution in [0.2, 0.25) is 15.1 Å². The molecule has 0 saturated heterocycles. The molecular weight excluding hydrogens is 367 g/mol. The summed E-state index contributed by atoms with van der Waals surface area (Å²) in [6, 6.07) is 8.58. The summed E-state index contributed by atoms with van der Waals surface area (Å²) < 4.78 is 5.17. The van der Waals surface area contributed by atoms with Gasteiger partial charge >= 0.3 is 5.69 Å². The van der Waals surface area contributed by atoms with Gasteiger partial charge < -0.3 is 10.1 Å². The third kappa shape index (κ3) is 4.48. The van der Waals surface area contributed by atoms with Crippen LogP contribution in [0.1, 0.15) is 0 Å². The average molecular weight is 376 g/mol. The zero-order chi connectivity index (χ0) is 17.0. The maximum absolute atomic E-state index is 11.9. The van der Waals surface area contributed by atoms with Gasteiger partial charge in [0.15, 0.2) is 12.4 Å². The van der Waals surface area contributed by atoms with Crippen molar-refractivity contribution in [3.8, 4) is 5.75 Å². The molecule has 0 spiro atoms. The highest BCUT2D eigenvalue weighted by atomic mass is 35.5. The third-order valence-corrected chi connectivity index (χ3v) is 3.51. The van der Waals surface area contributed by atoms with Gasteiger partial charge in [0.05, 0.1) is 20.7 Å². The number of para-hydroxylation sites is 2. The Labute approximate surface area is 146 Å². The molecule has 6 nitrogen and oxygen atoms in total. The molecule has 0 heterocycles. The minimum atomic E-state index is -0.597. The number of carbonyl (C=O) groups excluding carboxylic acids is 1. The van der Waals surface area contributed by atoms with Crippen molar-refractivity contribution in [2.24, 2.45) is 0 Å². The van der Waals surface area contributed by atoms with Crippen molar-refractivity contribution in [2.45, 2.75) is 0 Å². The molecule has 0 aliphatic rings. The standard InChI is InChI=1S/C14H9Cl3N2O4/c15-8-5-9(16)14(10(17)6-8)18-13(20)7-23-12-4-2-1-3-11(12)19(21)22/h1-6H,7H2,(H,18,20). The fraction of sp³-hybridized carbons (Fsp3) is 0.0714. The van der Waals surface area contributed by atoms with Crippen molar-refractivity contribution in [2.75, 3.05) is 11.9 Å². The van der Waals surface area contributed by atoms with E-state index in [0.29, 0.717) is 5.02 Å². The van der Waals surface area contributed by atoms with Gasteiger partial charge in [0.25, 0.3) is 5.91 Å². The molecule has 2 aromatic carbocycles. The van der Waals surface area contributed by atoms with E-state index in [1.165, 1.54) is 30.3 Å². The van der Waals surface area contributed by atoms with E-state index in [9.17, 15) is 14.9 Å². The van der Waals surface area contributed by atoms with Crippen molar-refractivity contribution >= 4 is 52.1 Å². The molecule has 23 heavy (non-hydrogen) atoms. The molecule has 0 radical (unpaired) electrons. The van der Waals surface area contributed by atoms with Crippen LogP contribution in [0.25, 0.3) is 0 Å². The van der Waals surface area contributed by atoms with Gasteiger partial charge in [-0.2, -0.15) is 0 Å². The minimum Gasteiger partial charge on any atom is -0.477 e. The third-order valence-electron chi connectivity index (χ3n) is 2.69. The van der Waals surface area contributed by atoms with Crippen molar-refractivity contribution in [1.82, 2.24) is 0 Å². The van der Waals surface area contributed by atoms with Gasteiger partial charge in [-0.1, -0.05) is 46.9 Å². The van der Waals surface area contributed by atoms with E-state index in [1.54, 1.807) is 6.07 Å². The van der Waals surface area contributed by atoms with Gasteiger partial charge in [-0.3, -0.25) is 14.9 Å². The van der Waals surface area contributed by atoms with E-state index < -0.39 is 17.4 Å². The first-order valence-electron chi connectivity index (χ1n) is 6.19. The van der Waals surface area contributed by atoms with Crippen LogP contribution in [0.15, 0.2) is 36.4 Å². The number of benzene rings is 2. The number of carbonyl (C=O) groups is 1. The molecule has 1 N–H and O–H groups in total. The lowest BCUT2D eigenvalue weighted by Gasteiger charge is -2.10. The maximum atomic E-state index is 11.9. The van der Waals surface area contributed by atoms with Crippen LogP contribution in [0.5, 0.6) is 5.75 Å². The molecule has 2 rings (SSSR count). The number of halogens is 3. The summed E-state index contributed by atoms with van der Waals surface area (Å²) in [5.74, 6) is -0.588. The molecule has 0 fully saturated rings. The molecule has 0 saturated carbocycles. The normalized spacial score (nSPS) is 10.2. The highest BCUT2D eigenvalue weighted by Gasteiger charge is 2.16. The van der Waals surface area contributed by atoms with Crippen LogP contribution in [0.4, 0.5) is 11.4 Å². The summed E-state index contributed by atoms with van der Waals surface area (Å²) in [7, 11) is 0. The summed E-state index contributed by atoms with van der Waals surface area (Å²) in [4.78, 5) is 22.2. The number of rotatable bonds is 5. The van der Waals surface area contributed by atoms with E-state index >= 15 is 0 Å². The first-order chi connectivity index (χ1) is 10.9. The van der Waals surface area contributed by atoms with Gasteiger partial charge in [0.1, 0.15) is 0 Å². The Kier molecular flexibility index (Phi) is 5.65. The lowest BCUT2D eigenvalue weighted by Crippen LogP contribution is -2.20. The fourth-order valence-corrected chi connectivity index (χ4v) is 2.62. The minimum absolute atomic E-state index is 0.0130. The molecule has 0 aliphatic carbocycles. The number of anilines is 1. The summed E-state index contributed by atoms with van der Waals surface area (Å²) in [5, 5.41) is 14.0. The van der Waals surface area contributed by atoms with Gasteiger partial charge in [-0.25, -0.2) is 0 Å². The molecule has 0 aliphatic heterocycles. The summed E-state index contributed by atoms with van der Waals surface area (Å²) in [5.41, 5.74) is -0.0447. The molecule has 120 valence electrons. The van der Waals surface area contributed by atoms with Crippen LogP contribution < -0.4 is 10.1 Å². The largest absolute Gasteiger partial charge is 0.477 e. The van der Waals surface area contributed by atoms with E-state index in [4.69, 9.17) is 39.5 Å². The molecule has 0 unspecified atom stereocenters. The molecule has 0 aromatic heterocycles. The Morgan fingerprint density at radius 2 is 1.78 bits per heavy atom. The number of nitrogens with one attached hydrogen (secondary N) is 1. The molecular formula is C14H9Cl3N2O4. The Morgan fingerprint density at radius 3 is 2.39 bits per heavy atom. The quantitative estimate of drug-likeness (QED) is 0.613. The van der Waals surface area contributed by atoms with Gasteiger partial charge in [-0.15, -0.1) is 0 Å². The Balaban J connectivity index is 2.06. The lowest BCUT2D eigenvalue weighted by atomic mass is 10.3. The molecule has 1 amide bonds. The molecule has 0 atom stereocenters. The smallest absolute Gasteiger partial charge is 0.310 e. The zero-order valence-electron chi connectivity index (χ0n) is 11.4. The van der Waals surface area contributed by atoms with E-state index in [-0.39, 0.29) is 27.2 Å². The van der Waals surface area contributed by atoms with E-state index in [1.807, 2.05) is 0 Å². The average Bonchev–Trinajstić information content (AvgIpc) is 2.49. The molecule has 0 bridgehead atoms. The molecule has 2 aromatic rings. The highest BCUT2D eigenvalue weighted by Crippen LogP contribution is 2.33. The number of nitrogens with zero attached hydrogens (tertiary/aromatic N) is 1. The Morgan fingerprint density at radius 1 is 1.17 bits per heavy atom. The predicted octanol–water partition coefficient (Wildman–Crippen LogP) is 4.57. The lowest BCUT2D eigenvalue weighted by molar-refractivity contribution is -0.385. The first-order valence-corrected chi connectivity index (χ1v) is 7.32. The Hall–Kier alpha value is -2.02. The van der Waals surface area contributed by atoms with Gasteiger partial charge in [0.2, 0.25) is 0 Å². The van der Waals surface area contributed by atoms with Crippen LogP contribution in [0, 0.1) is 10.1 Å². The number of nitro benzene ring substituents is 1. The Bertz CT molecular complexity index is 744. The number of ether oxygens (including phenoxy) is 1. The summed E-state index contributed by atoms with van der Waals surface area (Å²) in [6.45, 7) is -0.444. The second kappa shape index (κ2) is 7.50. The van der Waals surface area contributed by atoms with Crippen molar-refractivity contribution < 1.29 is 14.5 Å². The summed E-state index contributed by atoms with van der Waals surface area (Å²) >= 11 is 17.7. The molecule has 9 heteroatoms. The predicted molar refractivity (Wildman–Crippen MR) is 88.7 cm³/mol.